The molecule has 0 aromatic heterocycles. The van der Waals surface area contributed by atoms with Crippen molar-refractivity contribution in [2.45, 2.75) is 0 Å². The van der Waals surface area contributed by atoms with Crippen molar-refractivity contribution in [1.82, 2.24) is 5.32 Å². The van der Waals surface area contributed by atoms with Crippen LogP contribution >= 0.6 is 0 Å². The minimum Gasteiger partial charge on any atom is -0.362 e. The number of ketones is 1. The van der Waals surface area contributed by atoms with Crippen LogP contribution in [0, 0.1) is 0 Å². The van der Waals surface area contributed by atoms with Gasteiger partial charge in [0.05, 0.1) is 13.1 Å². The van der Waals surface area contributed by atoms with Crippen molar-refractivity contribution in [1.29, 1.82) is 0 Å². The van der Waals surface area contributed by atoms with Crippen molar-refractivity contribution in [3.8, 4) is 0 Å². The van der Waals surface area contributed by atoms with Crippen molar-refractivity contribution in [2.24, 2.45) is 4.99 Å². The summed E-state index contributed by atoms with van der Waals surface area (Å²) in [6.45, 7) is 1.10. The Morgan fingerprint density at radius 2 is 2.45 bits per heavy atom. The molecule has 2 aliphatic rings. The highest BCUT2D eigenvalue weighted by Gasteiger charge is 2.14. The molecular formula is C8H8N2O. The van der Waals surface area contributed by atoms with Gasteiger partial charge in [-0.15, -0.1) is 0 Å². The molecule has 0 unspecified atom stereocenters. The van der Waals surface area contributed by atoms with Crippen LogP contribution in [0.4, 0.5) is 0 Å². The van der Waals surface area contributed by atoms with E-state index in [9.17, 15) is 4.79 Å². The van der Waals surface area contributed by atoms with Gasteiger partial charge in [0, 0.05) is 5.57 Å². The summed E-state index contributed by atoms with van der Waals surface area (Å²) in [4.78, 5) is 15.1. The molecule has 56 valence electrons. The van der Waals surface area contributed by atoms with Crippen LogP contribution < -0.4 is 5.32 Å². The summed E-state index contributed by atoms with van der Waals surface area (Å²) >= 11 is 0. The summed E-state index contributed by atoms with van der Waals surface area (Å²) < 4.78 is 0. The van der Waals surface area contributed by atoms with Gasteiger partial charge in [0.2, 0.25) is 0 Å². The second-order valence-electron chi connectivity index (χ2n) is 2.51. The highest BCUT2D eigenvalue weighted by Crippen LogP contribution is 2.07. The van der Waals surface area contributed by atoms with Crippen LogP contribution in [0.25, 0.3) is 0 Å². The number of aliphatic imine (C=N–C) groups is 1. The minimum atomic E-state index is 0.116. The van der Waals surface area contributed by atoms with Crippen LogP contribution in [0.15, 0.2) is 28.8 Å². The summed E-state index contributed by atoms with van der Waals surface area (Å²) in [6, 6.07) is 0. The van der Waals surface area contributed by atoms with Crippen molar-refractivity contribution < 1.29 is 4.79 Å². The van der Waals surface area contributed by atoms with E-state index in [1.807, 2.05) is 12.2 Å². The summed E-state index contributed by atoms with van der Waals surface area (Å²) in [7, 11) is 0. The van der Waals surface area contributed by atoms with Crippen molar-refractivity contribution >= 4 is 11.6 Å². The number of nitrogens with one attached hydrogen (secondary N) is 1. The molecule has 0 aromatic rings. The van der Waals surface area contributed by atoms with Gasteiger partial charge in [0.15, 0.2) is 5.78 Å². The fourth-order valence-corrected chi connectivity index (χ4v) is 1.16. The van der Waals surface area contributed by atoms with Gasteiger partial charge < -0.3 is 5.32 Å². The number of carbonyl (C=O) groups is 1. The van der Waals surface area contributed by atoms with Crippen molar-refractivity contribution in [2.75, 3.05) is 13.1 Å². The molecule has 0 amide bonds. The number of dihydropyridines is 1. The number of amidine groups is 1. The Balaban J connectivity index is 2.38. The Morgan fingerprint density at radius 1 is 1.55 bits per heavy atom. The number of hydrogen-bond acceptors (Lipinski definition) is 3. The second-order valence-corrected chi connectivity index (χ2v) is 2.51. The van der Waals surface area contributed by atoms with E-state index in [0.717, 1.165) is 11.4 Å². The summed E-state index contributed by atoms with van der Waals surface area (Å²) in [6.07, 6.45) is 5.49. The molecule has 0 fully saturated rings. The third kappa shape index (κ3) is 1.09. The van der Waals surface area contributed by atoms with Gasteiger partial charge in [-0.25, -0.2) is 0 Å². The van der Waals surface area contributed by atoms with Gasteiger partial charge in [0.25, 0.3) is 0 Å². The first-order chi connectivity index (χ1) is 5.36. The molecule has 11 heavy (non-hydrogen) atoms. The standard InChI is InChI=1S/C8H8N2O/c11-7-4-6-2-1-3-9-8(6)10-5-7/h1-2,4H,3,5H2,(H,9,10). The van der Waals surface area contributed by atoms with Gasteiger partial charge in [-0.05, 0) is 6.08 Å². The number of rotatable bonds is 0. The minimum absolute atomic E-state index is 0.116. The third-order valence-electron chi connectivity index (χ3n) is 1.67. The van der Waals surface area contributed by atoms with E-state index in [1.54, 1.807) is 6.08 Å². The normalized spacial score (nSPS) is 21.6. The number of fused-ring (bicyclic) bond motifs is 1. The van der Waals surface area contributed by atoms with Gasteiger partial charge >= 0.3 is 0 Å². The molecule has 1 N–H and O–H groups in total. The van der Waals surface area contributed by atoms with Crippen LogP contribution in [-0.4, -0.2) is 24.7 Å². The number of carbonyl (C=O) groups excluding carboxylic acids is 1. The van der Waals surface area contributed by atoms with E-state index in [2.05, 4.69) is 10.3 Å². The van der Waals surface area contributed by atoms with Crippen LogP contribution in [0.3, 0.4) is 0 Å². The Morgan fingerprint density at radius 3 is 3.36 bits per heavy atom. The van der Waals surface area contributed by atoms with Crippen LogP contribution in [-0.2, 0) is 4.79 Å². The Bertz CT molecular complexity index is 286. The Hall–Kier alpha value is -1.38. The van der Waals surface area contributed by atoms with Gasteiger partial charge in [-0.3, -0.25) is 9.79 Å². The maximum atomic E-state index is 10.9. The molecule has 0 bridgehead atoms. The third-order valence-corrected chi connectivity index (χ3v) is 1.67. The second kappa shape index (κ2) is 2.34. The lowest BCUT2D eigenvalue weighted by Crippen LogP contribution is -2.35. The van der Waals surface area contributed by atoms with Crippen LogP contribution in [0.5, 0.6) is 0 Å². The molecular weight excluding hydrogens is 140 g/mol. The van der Waals surface area contributed by atoms with E-state index in [-0.39, 0.29) is 5.78 Å². The quantitative estimate of drug-likeness (QED) is 0.527. The highest BCUT2D eigenvalue weighted by atomic mass is 16.1. The molecule has 0 radical (unpaired) electrons. The molecule has 3 nitrogen and oxygen atoms in total. The van der Waals surface area contributed by atoms with E-state index < -0.39 is 0 Å². The van der Waals surface area contributed by atoms with Gasteiger partial charge in [0.1, 0.15) is 5.84 Å². The summed E-state index contributed by atoms with van der Waals surface area (Å²) in [5.41, 5.74) is 0.910. The van der Waals surface area contributed by atoms with Crippen LogP contribution in [0.1, 0.15) is 0 Å². The molecule has 0 aliphatic carbocycles. The Kier molecular flexibility index (Phi) is 1.35. The first kappa shape index (κ1) is 6.34. The molecule has 3 heteroatoms. The monoisotopic (exact) mass is 148 g/mol. The molecule has 0 saturated heterocycles. The first-order valence-electron chi connectivity index (χ1n) is 3.56. The maximum Gasteiger partial charge on any atom is 0.175 e. The van der Waals surface area contributed by atoms with Crippen molar-refractivity contribution in [3.05, 3.63) is 23.8 Å². The maximum absolute atomic E-state index is 10.9. The molecule has 0 aromatic carbocycles. The number of hydrogen-bond donors (Lipinski definition) is 1. The largest absolute Gasteiger partial charge is 0.362 e. The predicted molar refractivity (Wildman–Crippen MR) is 42.5 cm³/mol. The highest BCUT2D eigenvalue weighted by molar-refractivity contribution is 6.12. The lowest BCUT2D eigenvalue weighted by Gasteiger charge is -2.16. The zero-order valence-electron chi connectivity index (χ0n) is 6.00. The molecule has 0 saturated carbocycles. The topological polar surface area (TPSA) is 41.5 Å². The SMILES string of the molecule is O=C1C=C2C=CCN=C2NC1. The predicted octanol–water partition coefficient (Wildman–Crippen LogP) is 0.0534. The summed E-state index contributed by atoms with van der Waals surface area (Å²) in [5.74, 6) is 0.970. The lowest BCUT2D eigenvalue weighted by atomic mass is 10.1. The van der Waals surface area contributed by atoms with Gasteiger partial charge in [-0.1, -0.05) is 12.2 Å². The van der Waals surface area contributed by atoms with E-state index >= 15 is 0 Å². The molecule has 2 heterocycles. The van der Waals surface area contributed by atoms with E-state index in [4.69, 9.17) is 0 Å². The van der Waals surface area contributed by atoms with Gasteiger partial charge in [-0.2, -0.15) is 0 Å². The molecule has 2 aliphatic heterocycles. The summed E-state index contributed by atoms with van der Waals surface area (Å²) in [5, 5.41) is 2.95. The Labute approximate surface area is 64.5 Å². The average molecular weight is 148 g/mol. The fraction of sp³-hybridized carbons (Fsp3) is 0.250. The molecule has 2 rings (SSSR count). The van der Waals surface area contributed by atoms with Crippen LogP contribution in [0.2, 0.25) is 0 Å². The lowest BCUT2D eigenvalue weighted by molar-refractivity contribution is -0.113. The van der Waals surface area contributed by atoms with E-state index in [0.29, 0.717) is 13.1 Å². The smallest absolute Gasteiger partial charge is 0.175 e. The molecule has 0 atom stereocenters. The number of nitrogens with zero attached hydrogens (tertiary/aromatic N) is 1. The molecule has 0 spiro atoms. The zero-order chi connectivity index (χ0) is 7.68. The van der Waals surface area contributed by atoms with E-state index in [1.165, 1.54) is 0 Å². The van der Waals surface area contributed by atoms with Crippen molar-refractivity contribution in [3.63, 3.8) is 0 Å². The first-order valence-corrected chi connectivity index (χ1v) is 3.56. The average Bonchev–Trinajstić information content (AvgIpc) is 2.04. The fourth-order valence-electron chi connectivity index (χ4n) is 1.16. The zero-order valence-corrected chi connectivity index (χ0v) is 6.00.